The van der Waals surface area contributed by atoms with Gasteiger partial charge in [-0.2, -0.15) is 8.42 Å². The van der Waals surface area contributed by atoms with Gasteiger partial charge < -0.3 is 9.47 Å². The van der Waals surface area contributed by atoms with E-state index in [1.165, 1.54) is 36.6 Å². The summed E-state index contributed by atoms with van der Waals surface area (Å²) in [4.78, 5) is -0.230. The van der Waals surface area contributed by atoms with E-state index in [9.17, 15) is 17.2 Å². The number of ether oxygens (including phenoxy) is 2. The molecule has 12 heteroatoms. The van der Waals surface area contributed by atoms with Crippen molar-refractivity contribution in [3.8, 4) is 11.5 Å². The van der Waals surface area contributed by atoms with Gasteiger partial charge in [0.1, 0.15) is 17.3 Å². The molecule has 1 unspecified atom stereocenters. The van der Waals surface area contributed by atoms with Gasteiger partial charge in [-0.3, -0.25) is 8.76 Å². The normalized spacial score (nSPS) is 13.7. The van der Waals surface area contributed by atoms with Crippen LogP contribution >= 0.6 is 12.0 Å². The van der Waals surface area contributed by atoms with Gasteiger partial charge in [-0.15, -0.1) is 4.33 Å². The van der Waals surface area contributed by atoms with Crippen molar-refractivity contribution in [1.82, 2.24) is 0 Å². The lowest BCUT2D eigenvalue weighted by molar-refractivity contribution is -0.431. The van der Waals surface area contributed by atoms with E-state index >= 15 is 0 Å². The first kappa shape index (κ1) is 31.2. The SMILES string of the molecule is C=C(/C=C\C(=C\SOOO)Oc1ccc(Cc2ccc(OC)cc2)cc1)S(=C)(=O)c1ccc(C)c(S(=O)(=O)O)c1. The molecule has 0 amide bonds. The number of allylic oxidation sites excluding steroid dienone is 2. The summed E-state index contributed by atoms with van der Waals surface area (Å²) in [6.07, 6.45) is 3.55. The van der Waals surface area contributed by atoms with Crippen molar-refractivity contribution in [2.45, 2.75) is 23.1 Å². The zero-order chi connectivity index (χ0) is 29.3. The van der Waals surface area contributed by atoms with Crippen molar-refractivity contribution < 1.29 is 41.3 Å². The molecule has 0 bridgehead atoms. The Labute approximate surface area is 238 Å². The molecule has 3 aromatic rings. The minimum atomic E-state index is -4.52. The largest absolute Gasteiger partial charge is 0.497 e. The molecule has 0 aliphatic heterocycles. The Bertz CT molecular complexity index is 1610. The maximum atomic E-state index is 13.4. The van der Waals surface area contributed by atoms with E-state index in [4.69, 9.17) is 14.7 Å². The number of benzene rings is 3. The zero-order valence-electron chi connectivity index (χ0n) is 21.7. The lowest BCUT2D eigenvalue weighted by atomic mass is 10.0. The maximum Gasteiger partial charge on any atom is 0.294 e. The van der Waals surface area contributed by atoms with E-state index in [0.717, 1.165) is 22.9 Å². The predicted molar refractivity (Wildman–Crippen MR) is 156 cm³/mol. The van der Waals surface area contributed by atoms with Gasteiger partial charge in [0.2, 0.25) is 0 Å². The predicted octanol–water partition coefficient (Wildman–Crippen LogP) is 5.98. The Hall–Kier alpha value is -3.36. The van der Waals surface area contributed by atoms with Crippen LogP contribution in [0.15, 0.2) is 111 Å². The smallest absolute Gasteiger partial charge is 0.294 e. The fraction of sp³-hybridized carbons (Fsp3) is 0.107. The monoisotopic (exact) mass is 604 g/mol. The van der Waals surface area contributed by atoms with Crippen molar-refractivity contribution in [3.63, 3.8) is 0 Å². The Morgan fingerprint density at radius 3 is 2.10 bits per heavy atom. The summed E-state index contributed by atoms with van der Waals surface area (Å²) in [5.41, 5.74) is 2.46. The molecule has 0 heterocycles. The highest BCUT2D eigenvalue weighted by Crippen LogP contribution is 2.26. The van der Waals surface area contributed by atoms with Crippen LogP contribution in [0.1, 0.15) is 16.7 Å². The fourth-order valence-corrected chi connectivity index (χ4v) is 5.78. The van der Waals surface area contributed by atoms with E-state index in [0.29, 0.717) is 29.8 Å². The third-order valence-corrected chi connectivity index (χ3v) is 9.10. The lowest BCUT2D eigenvalue weighted by Crippen LogP contribution is -2.06. The van der Waals surface area contributed by atoms with Gasteiger partial charge in [0.25, 0.3) is 10.1 Å². The molecule has 3 rings (SSSR count). The second-order valence-corrected chi connectivity index (χ2v) is 12.7. The van der Waals surface area contributed by atoms with Crippen molar-refractivity contribution in [2.24, 2.45) is 0 Å². The second kappa shape index (κ2) is 13.8. The third-order valence-electron chi connectivity index (χ3n) is 5.64. The first-order chi connectivity index (χ1) is 18.9. The van der Waals surface area contributed by atoms with E-state index in [-0.39, 0.29) is 20.5 Å². The molecule has 0 aliphatic carbocycles. The molecule has 2 N–H and O–H groups in total. The molecule has 1 atom stereocenters. The summed E-state index contributed by atoms with van der Waals surface area (Å²) in [5, 5.41) is 13.4. The minimum Gasteiger partial charge on any atom is -0.497 e. The highest BCUT2D eigenvalue weighted by Gasteiger charge is 2.18. The molecule has 3 aromatic carbocycles. The summed E-state index contributed by atoms with van der Waals surface area (Å²) in [6.45, 7) is 5.33. The number of aryl methyl sites for hydroxylation is 1. The average Bonchev–Trinajstić information content (AvgIpc) is 2.92. The first-order valence-electron chi connectivity index (χ1n) is 11.5. The fourth-order valence-electron chi connectivity index (χ4n) is 3.47. The van der Waals surface area contributed by atoms with Crippen LogP contribution in [-0.2, 0) is 35.4 Å². The molecular formula is C28H28O9S3. The van der Waals surface area contributed by atoms with Gasteiger partial charge in [0.05, 0.1) is 24.0 Å². The Balaban J connectivity index is 1.77. The van der Waals surface area contributed by atoms with Crippen LogP contribution in [-0.4, -0.2) is 35.4 Å². The van der Waals surface area contributed by atoms with Gasteiger partial charge in [0, 0.05) is 24.7 Å². The number of hydrogen-bond donors (Lipinski definition) is 2. The topological polar surface area (TPSA) is 129 Å². The maximum absolute atomic E-state index is 13.4. The number of methoxy groups -OCH3 is 1. The van der Waals surface area contributed by atoms with Crippen molar-refractivity contribution >= 4 is 37.6 Å². The van der Waals surface area contributed by atoms with E-state index in [2.05, 4.69) is 21.8 Å². The van der Waals surface area contributed by atoms with E-state index in [1.54, 1.807) is 19.2 Å². The molecular weight excluding hydrogens is 577 g/mol. The van der Waals surface area contributed by atoms with Crippen LogP contribution in [0.25, 0.3) is 0 Å². The highest BCUT2D eigenvalue weighted by atomic mass is 32.2. The molecule has 9 nitrogen and oxygen atoms in total. The van der Waals surface area contributed by atoms with Crippen LogP contribution in [0.5, 0.6) is 11.5 Å². The zero-order valence-corrected chi connectivity index (χ0v) is 24.1. The summed E-state index contributed by atoms with van der Waals surface area (Å²) in [7, 11) is -6.13. The third kappa shape index (κ3) is 8.57. The van der Waals surface area contributed by atoms with Crippen LogP contribution in [0.2, 0.25) is 0 Å². The van der Waals surface area contributed by atoms with Crippen LogP contribution in [0.3, 0.4) is 0 Å². The number of hydrogen-bond acceptors (Lipinski definition) is 9. The molecule has 0 fully saturated rings. The molecule has 0 aliphatic rings. The van der Waals surface area contributed by atoms with Gasteiger partial charge >= 0.3 is 0 Å². The molecule has 40 heavy (non-hydrogen) atoms. The standard InChI is InChI=1S/C28H28O9S3/c1-20-5-16-27(18-28(20)40(31,32)33)39(4,30)21(2)6-11-26(19-38-37-36-29)35-25-14-9-23(10-15-25)17-22-7-12-24(34-3)13-8-22/h5-16,18-19,29H,2,4,17H2,1,3H3,(H,31,32,33)/b11-6-,26-19-. The molecule has 0 saturated heterocycles. The first-order valence-corrected chi connectivity index (χ1v) is 15.5. The highest BCUT2D eigenvalue weighted by molar-refractivity contribution is 8.04. The van der Waals surface area contributed by atoms with Gasteiger partial charge in [-0.25, -0.2) is 5.26 Å². The summed E-state index contributed by atoms with van der Waals surface area (Å²) in [6, 6.07) is 19.1. The van der Waals surface area contributed by atoms with E-state index in [1.807, 2.05) is 36.4 Å². The Morgan fingerprint density at radius 2 is 1.55 bits per heavy atom. The van der Waals surface area contributed by atoms with Crippen LogP contribution in [0, 0.1) is 6.92 Å². The summed E-state index contributed by atoms with van der Waals surface area (Å²) >= 11 is 0.618. The van der Waals surface area contributed by atoms with Crippen molar-refractivity contribution in [3.05, 3.63) is 118 Å². The van der Waals surface area contributed by atoms with Gasteiger partial charge in [-0.1, -0.05) is 41.9 Å². The molecule has 0 aromatic heterocycles. The van der Waals surface area contributed by atoms with Gasteiger partial charge in [-0.05, 0) is 84.5 Å². The number of rotatable bonds is 13. The quantitative estimate of drug-likeness (QED) is 0.0352. The van der Waals surface area contributed by atoms with Crippen molar-refractivity contribution in [2.75, 3.05) is 7.11 Å². The van der Waals surface area contributed by atoms with E-state index < -0.39 is 19.6 Å². The lowest BCUT2D eigenvalue weighted by Gasteiger charge is -2.13. The van der Waals surface area contributed by atoms with Gasteiger partial charge in [0.15, 0.2) is 0 Å². The molecule has 0 spiro atoms. The molecule has 0 radical (unpaired) electrons. The Morgan fingerprint density at radius 1 is 0.950 bits per heavy atom. The van der Waals surface area contributed by atoms with Crippen molar-refractivity contribution in [1.29, 1.82) is 0 Å². The average molecular weight is 605 g/mol. The summed E-state index contributed by atoms with van der Waals surface area (Å²) in [5.74, 6) is 5.21. The van der Waals surface area contributed by atoms with Crippen LogP contribution < -0.4 is 9.47 Å². The minimum absolute atomic E-state index is 0.0614. The second-order valence-electron chi connectivity index (χ2n) is 8.41. The summed E-state index contributed by atoms with van der Waals surface area (Å²) < 4.78 is 61.8. The van der Waals surface area contributed by atoms with Crippen LogP contribution in [0.4, 0.5) is 0 Å². The molecule has 0 saturated carbocycles. The Kier molecular flexibility index (Phi) is 10.8. The molecule has 212 valence electrons.